The number of nitrogens with zero attached hydrogens (tertiary/aromatic N) is 3. The minimum Gasteiger partial charge on any atom is -0.432 e. The summed E-state index contributed by atoms with van der Waals surface area (Å²) in [5, 5.41) is 13.8. The highest BCUT2D eigenvalue weighted by Crippen LogP contribution is 2.34. The Kier molecular flexibility index (Phi) is 3.10. The Labute approximate surface area is 137 Å². The molecule has 8 nitrogen and oxygen atoms in total. The van der Waals surface area contributed by atoms with Gasteiger partial charge in [0.25, 0.3) is 4.96 Å². The van der Waals surface area contributed by atoms with Crippen molar-refractivity contribution in [2.75, 3.05) is 0 Å². The van der Waals surface area contributed by atoms with Crippen LogP contribution >= 0.6 is 11.3 Å². The first kappa shape index (κ1) is 14.4. The van der Waals surface area contributed by atoms with Gasteiger partial charge in [-0.15, -0.1) is 0 Å². The van der Waals surface area contributed by atoms with Gasteiger partial charge in [0.1, 0.15) is 17.5 Å². The van der Waals surface area contributed by atoms with E-state index in [0.29, 0.717) is 16.3 Å². The van der Waals surface area contributed by atoms with Crippen molar-refractivity contribution in [2.24, 2.45) is 0 Å². The molecule has 0 radical (unpaired) electrons. The number of imidazole rings is 1. The molecule has 9 heteroatoms. The van der Waals surface area contributed by atoms with Crippen molar-refractivity contribution >= 4 is 33.1 Å². The second-order valence-corrected chi connectivity index (χ2v) is 5.93. The molecule has 0 amide bonds. The van der Waals surface area contributed by atoms with E-state index in [1.165, 1.54) is 27.9 Å². The summed E-state index contributed by atoms with van der Waals surface area (Å²) in [6.07, 6.45) is 1.56. The van der Waals surface area contributed by atoms with Gasteiger partial charge < -0.3 is 19.3 Å². The highest BCUT2D eigenvalue weighted by molar-refractivity contribution is 7.15. The van der Waals surface area contributed by atoms with Crippen LogP contribution in [0.25, 0.3) is 15.9 Å². The molecule has 0 saturated heterocycles. The maximum absolute atomic E-state index is 11.5. The molecule has 0 atom stereocenters. The first-order chi connectivity index (χ1) is 11.5. The molecule has 0 fully saturated rings. The van der Waals surface area contributed by atoms with Crippen LogP contribution < -0.4 is 10.4 Å². The lowest BCUT2D eigenvalue weighted by Crippen LogP contribution is -1.98. The third-order valence-electron chi connectivity index (χ3n) is 3.52. The van der Waals surface area contributed by atoms with E-state index in [9.17, 15) is 14.9 Å². The van der Waals surface area contributed by atoms with Crippen molar-refractivity contribution in [3.05, 3.63) is 61.9 Å². The molecule has 0 aliphatic carbocycles. The average Bonchev–Trinajstić information content (AvgIpc) is 3.06. The Balaban J connectivity index is 1.82. The summed E-state index contributed by atoms with van der Waals surface area (Å²) < 4.78 is 12.1. The first-order valence-electron chi connectivity index (χ1n) is 6.85. The third-order valence-corrected chi connectivity index (χ3v) is 4.27. The van der Waals surface area contributed by atoms with Crippen LogP contribution in [0.1, 0.15) is 5.56 Å². The predicted octanol–water partition coefficient (Wildman–Crippen LogP) is 3.51. The van der Waals surface area contributed by atoms with Crippen molar-refractivity contribution < 1.29 is 14.1 Å². The van der Waals surface area contributed by atoms with Crippen LogP contribution in [0.15, 0.2) is 45.1 Å². The van der Waals surface area contributed by atoms with E-state index >= 15 is 0 Å². The van der Waals surface area contributed by atoms with E-state index in [2.05, 4.69) is 4.98 Å². The minimum absolute atomic E-state index is 0.110. The van der Waals surface area contributed by atoms with E-state index in [4.69, 9.17) is 9.15 Å². The van der Waals surface area contributed by atoms with Crippen LogP contribution in [0, 0.1) is 17.0 Å². The molecule has 4 aromatic rings. The molecule has 0 aliphatic rings. The molecule has 3 aromatic heterocycles. The molecule has 0 bridgehead atoms. The third kappa shape index (κ3) is 2.22. The maximum atomic E-state index is 11.5. The molecule has 0 saturated carbocycles. The lowest BCUT2D eigenvalue weighted by molar-refractivity contribution is -0.391. The number of hydrogen-bond donors (Lipinski definition) is 0. The van der Waals surface area contributed by atoms with E-state index in [-0.39, 0.29) is 11.7 Å². The normalized spacial score (nSPS) is 11.2. The number of thiazole rings is 1. The van der Waals surface area contributed by atoms with Gasteiger partial charge in [-0.25, -0.2) is 4.79 Å². The average molecular weight is 343 g/mol. The van der Waals surface area contributed by atoms with Gasteiger partial charge in [0.15, 0.2) is 0 Å². The predicted molar refractivity (Wildman–Crippen MR) is 87.0 cm³/mol. The summed E-state index contributed by atoms with van der Waals surface area (Å²) in [5.41, 5.74) is 0.660. The molecule has 0 N–H and O–H groups in total. The van der Waals surface area contributed by atoms with Gasteiger partial charge in [0.2, 0.25) is 0 Å². The fourth-order valence-corrected chi connectivity index (χ4v) is 3.17. The summed E-state index contributed by atoms with van der Waals surface area (Å²) in [4.78, 5) is 26.8. The Bertz CT molecular complexity index is 1160. The number of fused-ring (bicyclic) bond motifs is 2. The Morgan fingerprint density at radius 3 is 3.00 bits per heavy atom. The van der Waals surface area contributed by atoms with E-state index in [1.54, 1.807) is 30.6 Å². The zero-order valence-electron chi connectivity index (χ0n) is 12.3. The van der Waals surface area contributed by atoms with Crippen LogP contribution in [-0.4, -0.2) is 14.3 Å². The van der Waals surface area contributed by atoms with Gasteiger partial charge in [-0.2, -0.15) is 9.38 Å². The summed E-state index contributed by atoms with van der Waals surface area (Å²) in [5.74, 6) is -0.0663. The zero-order chi connectivity index (χ0) is 16.8. The quantitative estimate of drug-likeness (QED) is 0.320. The zero-order valence-corrected chi connectivity index (χ0v) is 13.1. The van der Waals surface area contributed by atoms with E-state index < -0.39 is 10.5 Å². The van der Waals surface area contributed by atoms with Gasteiger partial charge in [-0.1, -0.05) is 11.3 Å². The van der Waals surface area contributed by atoms with Crippen molar-refractivity contribution in [3.8, 4) is 11.6 Å². The Morgan fingerprint density at radius 1 is 1.38 bits per heavy atom. The number of aromatic nitrogens is 2. The highest BCUT2D eigenvalue weighted by atomic mass is 32.1. The highest BCUT2D eigenvalue weighted by Gasteiger charge is 2.25. The van der Waals surface area contributed by atoms with Gasteiger partial charge in [0.05, 0.1) is 0 Å². The van der Waals surface area contributed by atoms with E-state index in [0.717, 1.165) is 10.9 Å². The lowest BCUT2D eigenvalue weighted by Gasteiger charge is -2.05. The summed E-state index contributed by atoms with van der Waals surface area (Å²) in [6.45, 7) is 1.80. The van der Waals surface area contributed by atoms with Crippen molar-refractivity contribution in [3.63, 3.8) is 0 Å². The lowest BCUT2D eigenvalue weighted by atomic mass is 10.1. The van der Waals surface area contributed by atoms with Crippen molar-refractivity contribution in [2.45, 2.75) is 6.92 Å². The number of ether oxygens (including phenoxy) is 1. The number of rotatable bonds is 3. The number of nitro groups is 1. The Morgan fingerprint density at radius 2 is 2.21 bits per heavy atom. The topological polar surface area (TPSA) is 99.9 Å². The number of hydrogen-bond acceptors (Lipinski definition) is 7. The second-order valence-electron chi connectivity index (χ2n) is 5.06. The molecule has 0 spiro atoms. The van der Waals surface area contributed by atoms with Gasteiger partial charge in [-0.3, -0.25) is 0 Å². The first-order valence-corrected chi connectivity index (χ1v) is 7.73. The molecular weight excluding hydrogens is 334 g/mol. The molecule has 3 heterocycles. The van der Waals surface area contributed by atoms with Crippen LogP contribution in [0.4, 0.5) is 5.82 Å². The standard InChI is InChI=1S/C15H9N3O5S/c1-8-6-12(19)23-11-7-9(2-3-10(8)11)22-13-14(18(20)21)17-4-5-24-15(17)16-13/h2-7H,1H3. The molecule has 24 heavy (non-hydrogen) atoms. The maximum Gasteiger partial charge on any atom is 0.393 e. The van der Waals surface area contributed by atoms with Crippen LogP contribution in [0.3, 0.4) is 0 Å². The van der Waals surface area contributed by atoms with Crippen LogP contribution in [0.2, 0.25) is 0 Å². The second kappa shape index (κ2) is 5.17. The number of aryl methyl sites for hydroxylation is 1. The fraction of sp³-hybridized carbons (Fsp3) is 0.0667. The molecule has 0 aliphatic heterocycles. The van der Waals surface area contributed by atoms with Gasteiger partial charge >= 0.3 is 17.3 Å². The summed E-state index contributed by atoms with van der Waals surface area (Å²) in [6, 6.07) is 6.29. The van der Waals surface area contributed by atoms with Crippen LogP contribution in [0.5, 0.6) is 11.6 Å². The monoisotopic (exact) mass is 343 g/mol. The number of benzene rings is 1. The molecule has 4 rings (SSSR count). The summed E-state index contributed by atoms with van der Waals surface area (Å²) >= 11 is 1.26. The molecular formula is C15H9N3O5S. The molecule has 0 unspecified atom stereocenters. The largest absolute Gasteiger partial charge is 0.432 e. The van der Waals surface area contributed by atoms with E-state index in [1.807, 2.05) is 0 Å². The fourth-order valence-electron chi connectivity index (χ4n) is 2.47. The van der Waals surface area contributed by atoms with Crippen LogP contribution in [-0.2, 0) is 0 Å². The molecule has 1 aromatic carbocycles. The SMILES string of the molecule is Cc1cc(=O)oc2cc(Oc3nc4sccn4c3[N+](=O)[O-])ccc12. The summed E-state index contributed by atoms with van der Waals surface area (Å²) in [7, 11) is 0. The van der Waals surface area contributed by atoms with Gasteiger partial charge in [0, 0.05) is 22.9 Å². The minimum atomic E-state index is -0.548. The molecule has 120 valence electrons. The van der Waals surface area contributed by atoms with Crippen molar-refractivity contribution in [1.82, 2.24) is 9.38 Å². The Hall–Kier alpha value is -3.20. The smallest absolute Gasteiger partial charge is 0.393 e. The van der Waals surface area contributed by atoms with Gasteiger partial charge in [-0.05, 0) is 29.5 Å². The van der Waals surface area contributed by atoms with Crippen molar-refractivity contribution in [1.29, 1.82) is 0 Å².